The number of aryl methyl sites for hydroxylation is 3. The van der Waals surface area contributed by atoms with E-state index >= 15 is 0 Å². The summed E-state index contributed by atoms with van der Waals surface area (Å²) in [5.74, 6) is 0.869. The van der Waals surface area contributed by atoms with Gasteiger partial charge in [-0.05, 0) is 75.3 Å². The van der Waals surface area contributed by atoms with Crippen LogP contribution in [0.2, 0.25) is 0 Å². The highest BCUT2D eigenvalue weighted by molar-refractivity contribution is 5.94. The van der Waals surface area contributed by atoms with E-state index in [9.17, 15) is 10.1 Å². The third kappa shape index (κ3) is 3.14. The molecule has 0 N–H and O–H groups in total. The summed E-state index contributed by atoms with van der Waals surface area (Å²) in [6, 6.07) is 11.5. The fraction of sp³-hybridized carbons (Fsp3) is 0.364. The molecule has 3 aromatic rings. The van der Waals surface area contributed by atoms with Crippen LogP contribution in [0.1, 0.15) is 17.5 Å². The second-order valence-electron chi connectivity index (χ2n) is 7.62. The van der Waals surface area contributed by atoms with Crippen molar-refractivity contribution in [3.8, 4) is 17.0 Å². The summed E-state index contributed by atoms with van der Waals surface area (Å²) in [7, 11) is 5.82. The minimum Gasteiger partial charge on any atom is -0.497 e. The van der Waals surface area contributed by atoms with E-state index in [1.165, 1.54) is 22.4 Å². The van der Waals surface area contributed by atoms with Crippen LogP contribution in [0, 0.1) is 10.1 Å². The number of non-ortho nitro benzene ring substituents is 1. The fourth-order valence-electron chi connectivity index (χ4n) is 4.26. The average molecular weight is 379 g/mol. The zero-order chi connectivity index (χ0) is 19.8. The molecule has 0 saturated carbocycles. The van der Waals surface area contributed by atoms with Gasteiger partial charge in [0.1, 0.15) is 5.75 Å². The van der Waals surface area contributed by atoms with Crippen LogP contribution in [0.5, 0.6) is 5.75 Å². The Hall–Kier alpha value is -2.86. The number of nitro benzene ring substituents is 1. The Morgan fingerprint density at radius 2 is 2.00 bits per heavy atom. The maximum absolute atomic E-state index is 11.3. The van der Waals surface area contributed by atoms with E-state index in [-0.39, 0.29) is 10.6 Å². The van der Waals surface area contributed by atoms with E-state index in [1.54, 1.807) is 19.2 Å². The molecular formula is C22H25N3O3. The smallest absolute Gasteiger partial charge is 0.271 e. The summed E-state index contributed by atoms with van der Waals surface area (Å²) in [5.41, 5.74) is 6.10. The molecule has 0 aliphatic heterocycles. The molecule has 0 atom stereocenters. The number of nitrogens with zero attached hydrogens (tertiary/aromatic N) is 3. The Morgan fingerprint density at radius 1 is 1.18 bits per heavy atom. The fourth-order valence-corrected chi connectivity index (χ4v) is 4.26. The quantitative estimate of drug-likeness (QED) is 0.474. The lowest BCUT2D eigenvalue weighted by atomic mass is 9.88. The van der Waals surface area contributed by atoms with Gasteiger partial charge >= 0.3 is 0 Å². The molecule has 6 heteroatoms. The van der Waals surface area contributed by atoms with E-state index in [1.807, 2.05) is 12.1 Å². The first-order valence-electron chi connectivity index (χ1n) is 9.61. The molecule has 1 aliphatic carbocycles. The molecule has 2 aromatic carbocycles. The Balaban J connectivity index is 1.91. The highest BCUT2D eigenvalue weighted by Gasteiger charge is 2.25. The van der Waals surface area contributed by atoms with E-state index in [4.69, 9.17) is 4.74 Å². The standard InChI is InChI=1S/C22H25N3O3/c1-23(2)11-4-12-24-21-14-16(25(26)27)6-9-19(21)20-8-5-15-13-17(28-3)7-10-18(15)22(20)24/h6-7,9-10,13-14H,4-5,8,11-12H2,1-3H3. The number of benzene rings is 2. The van der Waals surface area contributed by atoms with Crippen LogP contribution in [0.4, 0.5) is 5.69 Å². The molecule has 6 nitrogen and oxygen atoms in total. The first kappa shape index (κ1) is 18.5. The van der Waals surface area contributed by atoms with Gasteiger partial charge in [0.25, 0.3) is 5.69 Å². The van der Waals surface area contributed by atoms with Crippen LogP contribution >= 0.6 is 0 Å². The molecule has 1 aromatic heterocycles. The monoisotopic (exact) mass is 379 g/mol. The maximum Gasteiger partial charge on any atom is 0.271 e. The van der Waals surface area contributed by atoms with Crippen LogP contribution in [0.3, 0.4) is 0 Å². The van der Waals surface area contributed by atoms with Gasteiger partial charge in [0.2, 0.25) is 0 Å². The van der Waals surface area contributed by atoms with Gasteiger partial charge in [-0.15, -0.1) is 0 Å². The number of fused-ring (bicyclic) bond motifs is 5. The van der Waals surface area contributed by atoms with Gasteiger partial charge in [-0.2, -0.15) is 0 Å². The normalized spacial score (nSPS) is 12.9. The van der Waals surface area contributed by atoms with Crippen molar-refractivity contribution in [1.29, 1.82) is 0 Å². The summed E-state index contributed by atoms with van der Waals surface area (Å²) in [5, 5.41) is 12.5. The van der Waals surface area contributed by atoms with Gasteiger partial charge in [0.05, 0.1) is 23.2 Å². The van der Waals surface area contributed by atoms with Crippen LogP contribution in [-0.2, 0) is 19.4 Å². The van der Waals surface area contributed by atoms with Crippen molar-refractivity contribution in [2.24, 2.45) is 0 Å². The molecule has 0 spiro atoms. The van der Waals surface area contributed by atoms with Gasteiger partial charge in [0, 0.05) is 29.6 Å². The zero-order valence-electron chi connectivity index (χ0n) is 16.6. The number of nitro groups is 1. The lowest BCUT2D eigenvalue weighted by molar-refractivity contribution is -0.384. The number of methoxy groups -OCH3 is 1. The van der Waals surface area contributed by atoms with Crippen LogP contribution in [0.15, 0.2) is 36.4 Å². The third-order valence-electron chi connectivity index (χ3n) is 5.56. The minimum absolute atomic E-state index is 0.145. The number of hydrogen-bond acceptors (Lipinski definition) is 4. The molecule has 146 valence electrons. The number of rotatable bonds is 6. The SMILES string of the molecule is COc1ccc2c(c1)CCc1c-2n(CCCN(C)C)c2cc([N+](=O)[O-])ccc12. The predicted octanol–water partition coefficient (Wildman–Crippen LogP) is 4.28. The third-order valence-corrected chi connectivity index (χ3v) is 5.56. The molecular weight excluding hydrogens is 354 g/mol. The Labute approximate surface area is 164 Å². The number of aromatic nitrogens is 1. The average Bonchev–Trinajstić information content (AvgIpc) is 3.00. The van der Waals surface area contributed by atoms with Crippen LogP contribution < -0.4 is 4.74 Å². The van der Waals surface area contributed by atoms with Gasteiger partial charge < -0.3 is 14.2 Å². The Morgan fingerprint density at radius 3 is 2.71 bits per heavy atom. The van der Waals surface area contributed by atoms with E-state index in [2.05, 4.69) is 35.7 Å². The first-order chi connectivity index (χ1) is 13.5. The number of ether oxygens (including phenoxy) is 1. The van der Waals surface area contributed by atoms with Gasteiger partial charge in [0.15, 0.2) is 0 Å². The molecule has 1 aliphatic rings. The van der Waals surface area contributed by atoms with E-state index in [0.29, 0.717) is 0 Å². The van der Waals surface area contributed by atoms with Crippen molar-refractivity contribution in [3.63, 3.8) is 0 Å². The molecule has 0 amide bonds. The predicted molar refractivity (Wildman–Crippen MR) is 111 cm³/mol. The molecule has 0 fully saturated rings. The largest absolute Gasteiger partial charge is 0.497 e. The molecule has 0 radical (unpaired) electrons. The van der Waals surface area contributed by atoms with Crippen LogP contribution in [-0.4, -0.2) is 42.1 Å². The van der Waals surface area contributed by atoms with Crippen LogP contribution in [0.25, 0.3) is 22.2 Å². The van der Waals surface area contributed by atoms with Crippen molar-refractivity contribution in [2.75, 3.05) is 27.7 Å². The summed E-state index contributed by atoms with van der Waals surface area (Å²) in [6.07, 6.45) is 2.87. The molecule has 1 heterocycles. The van der Waals surface area contributed by atoms with Crippen molar-refractivity contribution < 1.29 is 9.66 Å². The summed E-state index contributed by atoms with van der Waals surface area (Å²) >= 11 is 0. The highest BCUT2D eigenvalue weighted by Crippen LogP contribution is 2.42. The molecule has 0 bridgehead atoms. The topological polar surface area (TPSA) is 60.5 Å². The summed E-state index contributed by atoms with van der Waals surface area (Å²) < 4.78 is 7.69. The van der Waals surface area contributed by atoms with Crippen molar-refractivity contribution in [2.45, 2.75) is 25.8 Å². The lowest BCUT2D eigenvalue weighted by Gasteiger charge is -2.21. The highest BCUT2D eigenvalue weighted by atomic mass is 16.6. The maximum atomic E-state index is 11.3. The van der Waals surface area contributed by atoms with E-state index in [0.717, 1.165) is 49.0 Å². The van der Waals surface area contributed by atoms with Crippen molar-refractivity contribution in [1.82, 2.24) is 9.47 Å². The van der Waals surface area contributed by atoms with E-state index < -0.39 is 0 Å². The summed E-state index contributed by atoms with van der Waals surface area (Å²) in [4.78, 5) is 13.2. The molecule has 0 unspecified atom stereocenters. The molecule has 28 heavy (non-hydrogen) atoms. The Bertz CT molecular complexity index is 1050. The molecule has 4 rings (SSSR count). The van der Waals surface area contributed by atoms with Gasteiger partial charge in [-0.25, -0.2) is 0 Å². The first-order valence-corrected chi connectivity index (χ1v) is 9.61. The second kappa shape index (κ2) is 7.28. The van der Waals surface area contributed by atoms with Gasteiger partial charge in [-0.3, -0.25) is 10.1 Å². The second-order valence-corrected chi connectivity index (χ2v) is 7.62. The van der Waals surface area contributed by atoms with Crippen molar-refractivity contribution in [3.05, 3.63) is 57.6 Å². The Kier molecular flexibility index (Phi) is 4.81. The summed E-state index contributed by atoms with van der Waals surface area (Å²) in [6.45, 7) is 1.80. The lowest BCUT2D eigenvalue weighted by Crippen LogP contribution is -2.16. The molecule has 0 saturated heterocycles. The minimum atomic E-state index is -0.311. The number of hydrogen-bond donors (Lipinski definition) is 0. The van der Waals surface area contributed by atoms with Gasteiger partial charge in [-0.1, -0.05) is 0 Å². The van der Waals surface area contributed by atoms with Crippen molar-refractivity contribution >= 4 is 16.6 Å². The zero-order valence-corrected chi connectivity index (χ0v) is 16.6.